The van der Waals surface area contributed by atoms with Crippen LogP contribution >= 0.6 is 0 Å². The van der Waals surface area contributed by atoms with E-state index in [9.17, 15) is 22.4 Å². The zero-order valence-corrected chi connectivity index (χ0v) is 18.3. The molecule has 6 rings (SSSR count). The molecule has 0 radical (unpaired) electrons. The van der Waals surface area contributed by atoms with Gasteiger partial charge >= 0.3 is 6.18 Å². The highest BCUT2D eigenvalue weighted by Crippen LogP contribution is 2.46. The average molecular weight is 486 g/mol. The van der Waals surface area contributed by atoms with Crippen molar-refractivity contribution in [1.29, 1.82) is 0 Å². The molecule has 0 unspecified atom stereocenters. The van der Waals surface area contributed by atoms with Crippen molar-refractivity contribution in [2.24, 2.45) is 0 Å². The largest absolute Gasteiger partial charge is 0.490 e. The summed E-state index contributed by atoms with van der Waals surface area (Å²) in [5.41, 5.74) is 7.34. The zero-order chi connectivity index (χ0) is 24.6. The fourth-order valence-electron chi connectivity index (χ4n) is 5.00. The lowest BCUT2D eigenvalue weighted by molar-refractivity contribution is -0.140. The Labute approximate surface area is 195 Å². The van der Waals surface area contributed by atoms with Crippen LogP contribution in [0.15, 0.2) is 30.7 Å². The Balaban J connectivity index is 1.42. The molecule has 1 aromatic carbocycles. The van der Waals surface area contributed by atoms with E-state index in [4.69, 9.17) is 10.5 Å². The third kappa shape index (κ3) is 3.27. The Morgan fingerprint density at radius 2 is 2.03 bits per heavy atom. The molecular weight excluding hydrogens is 468 g/mol. The van der Waals surface area contributed by atoms with Gasteiger partial charge in [0.15, 0.2) is 5.82 Å². The van der Waals surface area contributed by atoms with E-state index < -0.39 is 29.5 Å². The molecule has 1 fully saturated rings. The number of aromatic nitrogens is 4. The van der Waals surface area contributed by atoms with E-state index in [1.165, 1.54) is 11.1 Å². The Kier molecular flexibility index (Phi) is 4.48. The minimum absolute atomic E-state index is 0.0563. The van der Waals surface area contributed by atoms with E-state index in [1.807, 2.05) is 0 Å². The smallest absolute Gasteiger partial charge is 0.419 e. The van der Waals surface area contributed by atoms with Crippen LogP contribution in [0.1, 0.15) is 46.2 Å². The van der Waals surface area contributed by atoms with Crippen molar-refractivity contribution in [1.82, 2.24) is 24.3 Å². The summed E-state index contributed by atoms with van der Waals surface area (Å²) >= 11 is 0. The van der Waals surface area contributed by atoms with Gasteiger partial charge in [-0.25, -0.2) is 19.3 Å². The summed E-state index contributed by atoms with van der Waals surface area (Å²) in [6.45, 7) is 2.08. The molecule has 2 N–H and O–H groups in total. The lowest BCUT2D eigenvalue weighted by Gasteiger charge is -2.44. The minimum atomic E-state index is -4.85. The number of piperidine rings is 1. The number of benzene rings is 1. The van der Waals surface area contributed by atoms with Crippen LogP contribution in [0, 0.1) is 12.7 Å². The van der Waals surface area contributed by atoms with Crippen molar-refractivity contribution in [2.45, 2.75) is 38.1 Å². The number of rotatable bonds is 1. The molecule has 5 heterocycles. The van der Waals surface area contributed by atoms with Crippen LogP contribution < -0.4 is 10.5 Å². The fourth-order valence-corrected chi connectivity index (χ4v) is 5.00. The molecule has 2 atom stereocenters. The zero-order valence-electron chi connectivity index (χ0n) is 18.3. The summed E-state index contributed by atoms with van der Waals surface area (Å²) in [5.74, 6) is -1.60. The number of carbonyl (C=O) groups excluding carboxylic acids is 1. The first-order chi connectivity index (χ1) is 16.6. The van der Waals surface area contributed by atoms with Crippen LogP contribution in [-0.4, -0.2) is 42.8 Å². The van der Waals surface area contributed by atoms with Crippen molar-refractivity contribution in [3.8, 4) is 5.75 Å². The maximum atomic E-state index is 14.4. The normalized spacial score (nSPS) is 19.6. The molecule has 1 saturated heterocycles. The lowest BCUT2D eigenvalue weighted by atomic mass is 9.88. The summed E-state index contributed by atoms with van der Waals surface area (Å²) in [4.78, 5) is 27.9. The quantitative estimate of drug-likeness (QED) is 0.408. The number of ether oxygens (including phenoxy) is 1. The van der Waals surface area contributed by atoms with Crippen LogP contribution in [0.5, 0.6) is 5.75 Å². The number of amides is 1. The van der Waals surface area contributed by atoms with Gasteiger partial charge in [0.25, 0.3) is 5.91 Å². The highest BCUT2D eigenvalue weighted by atomic mass is 19.4. The molecule has 0 spiro atoms. The van der Waals surface area contributed by atoms with Crippen LogP contribution in [0.4, 0.5) is 23.4 Å². The maximum Gasteiger partial charge on any atom is 0.419 e. The highest BCUT2D eigenvalue weighted by Gasteiger charge is 2.42. The van der Waals surface area contributed by atoms with Gasteiger partial charge in [-0.15, -0.1) is 0 Å². The first-order valence-corrected chi connectivity index (χ1v) is 10.9. The molecule has 0 aliphatic carbocycles. The van der Waals surface area contributed by atoms with Crippen LogP contribution in [0.25, 0.3) is 16.6 Å². The number of carbonyl (C=O) groups is 1. The van der Waals surface area contributed by atoms with Gasteiger partial charge in [0.05, 0.1) is 29.0 Å². The number of nitrogen functional groups attached to an aromatic ring is 1. The monoisotopic (exact) mass is 486 g/mol. The fraction of sp³-hybridized carbons (Fsp3) is 0.304. The summed E-state index contributed by atoms with van der Waals surface area (Å²) in [6.07, 6.45) is -1.42. The van der Waals surface area contributed by atoms with Gasteiger partial charge in [-0.05, 0) is 25.1 Å². The van der Waals surface area contributed by atoms with Gasteiger partial charge in [-0.3, -0.25) is 9.20 Å². The lowest BCUT2D eigenvalue weighted by Crippen LogP contribution is -2.46. The molecule has 4 aromatic rings. The van der Waals surface area contributed by atoms with E-state index in [-0.39, 0.29) is 35.5 Å². The molecule has 180 valence electrons. The number of halogens is 4. The van der Waals surface area contributed by atoms with Crippen molar-refractivity contribution in [3.05, 3.63) is 59.1 Å². The first kappa shape index (κ1) is 21.6. The molecule has 2 aliphatic heterocycles. The minimum Gasteiger partial charge on any atom is -0.490 e. The molecule has 2 aliphatic rings. The molecule has 35 heavy (non-hydrogen) atoms. The number of nitrogens with two attached hydrogens (primary N) is 1. The summed E-state index contributed by atoms with van der Waals surface area (Å²) in [5, 5.41) is 0. The number of fused-ring (bicyclic) bond motifs is 7. The third-order valence-electron chi connectivity index (χ3n) is 6.65. The van der Waals surface area contributed by atoms with Gasteiger partial charge in [0.1, 0.15) is 40.7 Å². The number of pyridine rings is 1. The number of imidazole rings is 1. The van der Waals surface area contributed by atoms with Gasteiger partial charge in [-0.1, -0.05) is 0 Å². The van der Waals surface area contributed by atoms with Crippen LogP contribution in [-0.2, 0) is 6.18 Å². The second kappa shape index (κ2) is 7.27. The summed E-state index contributed by atoms with van der Waals surface area (Å²) in [6, 6.07) is 2.44. The van der Waals surface area contributed by atoms with Crippen molar-refractivity contribution < 1.29 is 27.1 Å². The van der Waals surface area contributed by atoms with Gasteiger partial charge in [-0.2, -0.15) is 13.2 Å². The van der Waals surface area contributed by atoms with Gasteiger partial charge in [0, 0.05) is 24.9 Å². The van der Waals surface area contributed by atoms with Crippen LogP contribution in [0.2, 0.25) is 0 Å². The molecule has 0 saturated carbocycles. The van der Waals surface area contributed by atoms with E-state index in [0.717, 1.165) is 6.07 Å². The Bertz CT molecular complexity index is 1530. The molecule has 12 heteroatoms. The van der Waals surface area contributed by atoms with Gasteiger partial charge < -0.3 is 15.4 Å². The highest BCUT2D eigenvalue weighted by molar-refractivity contribution is 5.96. The van der Waals surface area contributed by atoms with Crippen molar-refractivity contribution >= 4 is 28.3 Å². The number of alkyl halides is 3. The summed E-state index contributed by atoms with van der Waals surface area (Å²) in [7, 11) is 0. The Morgan fingerprint density at radius 1 is 1.23 bits per heavy atom. The molecule has 3 aromatic heterocycles. The number of hydrogen-bond donors (Lipinski definition) is 1. The second-order valence-corrected chi connectivity index (χ2v) is 8.75. The Morgan fingerprint density at radius 3 is 2.80 bits per heavy atom. The number of hydrogen-bond acceptors (Lipinski definition) is 6. The molecular formula is C23H18F4N6O2. The standard InChI is InChI=1S/C23H18F4N6O2/c1-10-20-21(28)31-16-8-29-15(7-18(16)33(20)9-30-10)22(34)32-3-2-11-4-17(32)12-5-14(24)13(23(25,26)27)6-19(12)35-11/h5-9,11,17H,2-4H2,1H3,(H2,28,31)/t11-,17+/m1/s1. The number of anilines is 1. The number of nitrogens with zero attached hydrogens (tertiary/aromatic N) is 5. The average Bonchev–Trinajstić information content (AvgIpc) is 3.21. The summed E-state index contributed by atoms with van der Waals surface area (Å²) < 4.78 is 61.5. The number of likely N-dealkylation sites (tertiary alicyclic amines) is 1. The van der Waals surface area contributed by atoms with Crippen molar-refractivity contribution in [3.63, 3.8) is 0 Å². The van der Waals surface area contributed by atoms with E-state index in [2.05, 4.69) is 15.0 Å². The molecule has 8 nitrogen and oxygen atoms in total. The second-order valence-electron chi connectivity index (χ2n) is 8.75. The first-order valence-electron chi connectivity index (χ1n) is 10.9. The third-order valence-corrected chi connectivity index (χ3v) is 6.65. The topological polar surface area (TPSA) is 98.6 Å². The predicted molar refractivity (Wildman–Crippen MR) is 116 cm³/mol. The Hall–Kier alpha value is -3.96. The van der Waals surface area contributed by atoms with E-state index >= 15 is 0 Å². The van der Waals surface area contributed by atoms with Crippen molar-refractivity contribution in [2.75, 3.05) is 12.3 Å². The van der Waals surface area contributed by atoms with E-state index in [1.54, 1.807) is 23.7 Å². The predicted octanol–water partition coefficient (Wildman–Crippen LogP) is 4.06. The molecule has 2 bridgehead atoms. The van der Waals surface area contributed by atoms with Crippen LogP contribution in [0.3, 0.4) is 0 Å². The maximum absolute atomic E-state index is 14.4. The van der Waals surface area contributed by atoms with E-state index in [0.29, 0.717) is 41.2 Å². The molecule has 1 amide bonds. The number of aryl methyl sites for hydroxylation is 1. The SMILES string of the molecule is Cc1ncn2c1c(N)nc1cnc(C(=O)N3CC[C@@H]4C[C@H]3c3cc(F)c(C(F)(F)F)cc3O4)cc12. The van der Waals surface area contributed by atoms with Gasteiger partial charge in [0.2, 0.25) is 0 Å².